The van der Waals surface area contributed by atoms with Gasteiger partial charge in [0.05, 0.1) is 12.2 Å². The second-order valence-corrected chi connectivity index (χ2v) is 8.49. The van der Waals surface area contributed by atoms with E-state index in [-0.39, 0.29) is 5.91 Å². The summed E-state index contributed by atoms with van der Waals surface area (Å²) in [6, 6.07) is 15.1. The first-order valence-corrected chi connectivity index (χ1v) is 10.8. The number of rotatable bonds is 7. The number of para-hydroxylation sites is 2. The molecule has 1 amide bonds. The number of sulfonamides is 1. The second kappa shape index (κ2) is 8.10. The van der Waals surface area contributed by atoms with E-state index < -0.39 is 15.9 Å². The van der Waals surface area contributed by atoms with Crippen LogP contribution in [0.3, 0.4) is 0 Å². The van der Waals surface area contributed by atoms with E-state index in [1.54, 1.807) is 6.92 Å². The highest BCUT2D eigenvalue weighted by molar-refractivity contribution is 7.88. The van der Waals surface area contributed by atoms with Crippen molar-refractivity contribution < 1.29 is 17.9 Å². The highest BCUT2D eigenvalue weighted by Gasteiger charge is 2.32. The van der Waals surface area contributed by atoms with Gasteiger partial charge >= 0.3 is 0 Å². The highest BCUT2D eigenvalue weighted by atomic mass is 32.2. The Morgan fingerprint density at radius 3 is 2.15 bits per heavy atom. The molecule has 0 radical (unpaired) electrons. The van der Waals surface area contributed by atoms with E-state index in [9.17, 15) is 13.2 Å². The largest absolute Gasteiger partial charge is 0.457 e. The van der Waals surface area contributed by atoms with Gasteiger partial charge in [0, 0.05) is 30.8 Å². The zero-order chi connectivity index (χ0) is 19.4. The van der Waals surface area contributed by atoms with Gasteiger partial charge in [-0.25, -0.2) is 12.7 Å². The van der Waals surface area contributed by atoms with Gasteiger partial charge in [-0.2, -0.15) is 0 Å². The van der Waals surface area contributed by atoms with Gasteiger partial charge in [0.1, 0.15) is 11.5 Å². The van der Waals surface area contributed by atoms with E-state index in [0.29, 0.717) is 37.6 Å². The fourth-order valence-electron chi connectivity index (χ4n) is 3.32. The van der Waals surface area contributed by atoms with Gasteiger partial charge < -0.3 is 10.1 Å². The van der Waals surface area contributed by atoms with Crippen molar-refractivity contribution in [3.63, 3.8) is 0 Å². The molecule has 0 fully saturated rings. The van der Waals surface area contributed by atoms with Crippen molar-refractivity contribution in [2.75, 3.05) is 25.9 Å². The molecule has 2 aromatic carbocycles. The molecule has 3 rings (SSSR count). The van der Waals surface area contributed by atoms with Gasteiger partial charge in [-0.1, -0.05) is 43.3 Å². The van der Waals surface area contributed by atoms with Gasteiger partial charge in [-0.3, -0.25) is 4.79 Å². The molecular formula is C20H24N2O4S. The Morgan fingerprint density at radius 2 is 1.63 bits per heavy atom. The normalized spacial score (nSPS) is 13.6. The zero-order valence-electron chi connectivity index (χ0n) is 15.5. The van der Waals surface area contributed by atoms with E-state index in [1.807, 2.05) is 48.5 Å². The zero-order valence-corrected chi connectivity index (χ0v) is 16.3. The minimum atomic E-state index is -3.21. The molecule has 0 aromatic heterocycles. The maximum absolute atomic E-state index is 12.9. The Hall–Kier alpha value is -2.38. The average Bonchev–Trinajstić information content (AvgIpc) is 2.64. The summed E-state index contributed by atoms with van der Waals surface area (Å²) in [5.41, 5.74) is 1.67. The molecule has 0 spiro atoms. The molecule has 0 bridgehead atoms. The monoisotopic (exact) mass is 388 g/mol. The van der Waals surface area contributed by atoms with Crippen LogP contribution in [-0.2, 0) is 14.8 Å². The maximum Gasteiger partial charge on any atom is 0.232 e. The summed E-state index contributed by atoms with van der Waals surface area (Å²) < 4.78 is 30.6. The summed E-state index contributed by atoms with van der Waals surface area (Å²) in [5.74, 6) is 0.820. The summed E-state index contributed by atoms with van der Waals surface area (Å²) in [4.78, 5) is 12.9. The van der Waals surface area contributed by atoms with Crippen LogP contribution >= 0.6 is 0 Å². The van der Waals surface area contributed by atoms with Gasteiger partial charge in [0.2, 0.25) is 15.9 Å². The second-order valence-electron chi connectivity index (χ2n) is 6.51. The van der Waals surface area contributed by atoms with Crippen LogP contribution in [0.5, 0.6) is 11.5 Å². The van der Waals surface area contributed by atoms with Gasteiger partial charge in [-0.15, -0.1) is 0 Å². The molecule has 0 saturated carbocycles. The van der Waals surface area contributed by atoms with Crippen molar-refractivity contribution in [1.82, 2.24) is 9.62 Å². The Labute approximate surface area is 160 Å². The quantitative estimate of drug-likeness (QED) is 0.740. The van der Waals surface area contributed by atoms with E-state index in [4.69, 9.17) is 4.74 Å². The first-order chi connectivity index (χ1) is 12.9. The minimum absolute atomic E-state index is 0.111. The van der Waals surface area contributed by atoms with Crippen LogP contribution < -0.4 is 10.1 Å². The number of hydrogen-bond acceptors (Lipinski definition) is 4. The Kier molecular flexibility index (Phi) is 5.82. The maximum atomic E-state index is 12.9. The number of carbonyl (C=O) groups is 1. The molecule has 1 heterocycles. The fourth-order valence-corrected chi connectivity index (χ4v) is 4.25. The first-order valence-electron chi connectivity index (χ1n) is 9.00. The molecule has 7 heteroatoms. The number of fused-ring (bicyclic) bond motifs is 2. The molecule has 2 aromatic rings. The van der Waals surface area contributed by atoms with Crippen LogP contribution in [0.2, 0.25) is 0 Å². The molecular weight excluding hydrogens is 364 g/mol. The molecule has 6 nitrogen and oxygen atoms in total. The Morgan fingerprint density at radius 1 is 1.07 bits per heavy atom. The van der Waals surface area contributed by atoms with Crippen LogP contribution in [0.15, 0.2) is 48.5 Å². The van der Waals surface area contributed by atoms with Crippen LogP contribution in [-0.4, -0.2) is 44.5 Å². The SMILES string of the molecule is CCN(CCCNC(=O)C1c2ccccc2Oc2ccccc21)S(C)(=O)=O. The fraction of sp³-hybridized carbons (Fsp3) is 0.350. The summed E-state index contributed by atoms with van der Waals surface area (Å²) in [6.07, 6.45) is 1.75. The molecule has 0 atom stereocenters. The standard InChI is InChI=1S/C20H24N2O4S/c1-3-22(27(2,24)25)14-8-13-21-20(23)19-15-9-4-6-11-17(15)26-18-12-7-5-10-16(18)19/h4-7,9-12,19H,3,8,13-14H2,1-2H3,(H,21,23). The van der Waals surface area contributed by atoms with Crippen molar-refractivity contribution in [1.29, 1.82) is 0 Å². The lowest BCUT2D eigenvalue weighted by molar-refractivity contribution is -0.121. The first kappa shape index (κ1) is 19.4. The molecule has 144 valence electrons. The lowest BCUT2D eigenvalue weighted by atomic mass is 9.87. The van der Waals surface area contributed by atoms with Crippen molar-refractivity contribution >= 4 is 15.9 Å². The topological polar surface area (TPSA) is 75.7 Å². The van der Waals surface area contributed by atoms with E-state index in [1.165, 1.54) is 10.6 Å². The molecule has 0 aliphatic carbocycles. The van der Waals surface area contributed by atoms with Crippen molar-refractivity contribution in [2.24, 2.45) is 0 Å². The number of ether oxygens (including phenoxy) is 1. The predicted molar refractivity (Wildman–Crippen MR) is 105 cm³/mol. The number of hydrogen-bond donors (Lipinski definition) is 1. The third kappa shape index (κ3) is 4.31. The minimum Gasteiger partial charge on any atom is -0.457 e. The van der Waals surface area contributed by atoms with Crippen LogP contribution in [0.25, 0.3) is 0 Å². The Bertz CT molecular complexity index is 882. The molecule has 27 heavy (non-hydrogen) atoms. The summed E-state index contributed by atoms with van der Waals surface area (Å²) >= 11 is 0. The third-order valence-corrected chi connectivity index (χ3v) is 6.03. The molecule has 0 unspecified atom stereocenters. The van der Waals surface area contributed by atoms with Crippen LogP contribution in [0, 0.1) is 0 Å². The smallest absolute Gasteiger partial charge is 0.232 e. The Balaban J connectivity index is 1.70. The van der Waals surface area contributed by atoms with Crippen molar-refractivity contribution in [3.8, 4) is 11.5 Å². The number of carbonyl (C=O) groups excluding carboxylic acids is 1. The number of amides is 1. The molecule has 0 saturated heterocycles. The van der Waals surface area contributed by atoms with Crippen LogP contribution in [0.4, 0.5) is 0 Å². The molecule has 1 N–H and O–H groups in total. The summed E-state index contributed by atoms with van der Waals surface area (Å²) in [6.45, 7) is 3.02. The number of nitrogens with zero attached hydrogens (tertiary/aromatic N) is 1. The number of benzene rings is 2. The lowest BCUT2D eigenvalue weighted by Crippen LogP contribution is -2.35. The third-order valence-electron chi connectivity index (χ3n) is 4.65. The lowest BCUT2D eigenvalue weighted by Gasteiger charge is -2.27. The summed E-state index contributed by atoms with van der Waals surface area (Å²) in [5, 5.41) is 2.95. The van der Waals surface area contributed by atoms with Crippen molar-refractivity contribution in [2.45, 2.75) is 19.3 Å². The number of nitrogens with one attached hydrogen (secondary N) is 1. The van der Waals surface area contributed by atoms with Crippen molar-refractivity contribution in [3.05, 3.63) is 59.7 Å². The predicted octanol–water partition coefficient (Wildman–Crippen LogP) is 2.71. The van der Waals surface area contributed by atoms with E-state index in [0.717, 1.165) is 11.1 Å². The summed E-state index contributed by atoms with van der Waals surface area (Å²) in [7, 11) is -3.21. The van der Waals surface area contributed by atoms with Gasteiger partial charge in [0.15, 0.2) is 0 Å². The van der Waals surface area contributed by atoms with Gasteiger partial charge in [-0.05, 0) is 18.6 Å². The average molecular weight is 388 g/mol. The molecule has 1 aliphatic rings. The van der Waals surface area contributed by atoms with E-state index >= 15 is 0 Å². The highest BCUT2D eigenvalue weighted by Crippen LogP contribution is 2.43. The van der Waals surface area contributed by atoms with Crippen LogP contribution in [0.1, 0.15) is 30.4 Å². The van der Waals surface area contributed by atoms with E-state index in [2.05, 4.69) is 5.32 Å². The van der Waals surface area contributed by atoms with Gasteiger partial charge in [0.25, 0.3) is 0 Å². The molecule has 1 aliphatic heterocycles.